The molecular formula is C23H21N3O3. The van der Waals surface area contributed by atoms with E-state index >= 15 is 0 Å². The molecular weight excluding hydrogens is 366 g/mol. The number of fused-ring (bicyclic) bond motifs is 1. The molecule has 6 heteroatoms. The van der Waals surface area contributed by atoms with Crippen LogP contribution in [0.25, 0.3) is 16.6 Å². The molecule has 0 saturated heterocycles. The Balaban J connectivity index is 1.52. The lowest BCUT2D eigenvalue weighted by Crippen LogP contribution is -2.43. The van der Waals surface area contributed by atoms with E-state index in [1.54, 1.807) is 12.1 Å². The summed E-state index contributed by atoms with van der Waals surface area (Å²) in [7, 11) is 1.32. The van der Waals surface area contributed by atoms with E-state index in [2.05, 4.69) is 10.3 Å². The fourth-order valence-electron chi connectivity index (χ4n) is 3.39. The van der Waals surface area contributed by atoms with Crippen LogP contribution in [0.1, 0.15) is 15.9 Å². The zero-order valence-electron chi connectivity index (χ0n) is 16.0. The predicted molar refractivity (Wildman–Crippen MR) is 111 cm³/mol. The first-order valence-electron chi connectivity index (χ1n) is 9.33. The molecule has 0 bridgehead atoms. The number of rotatable bonds is 6. The lowest BCUT2D eigenvalue weighted by molar-refractivity contribution is -0.142. The number of aromatic amines is 1. The molecule has 0 aliphatic rings. The van der Waals surface area contributed by atoms with Crippen LogP contribution >= 0.6 is 0 Å². The van der Waals surface area contributed by atoms with Crippen LogP contribution in [0.3, 0.4) is 0 Å². The van der Waals surface area contributed by atoms with Gasteiger partial charge in [0.1, 0.15) is 6.04 Å². The van der Waals surface area contributed by atoms with Crippen molar-refractivity contribution in [3.63, 3.8) is 0 Å². The number of esters is 1. The highest BCUT2D eigenvalue weighted by Crippen LogP contribution is 2.19. The molecule has 1 atom stereocenters. The van der Waals surface area contributed by atoms with Gasteiger partial charge in [0.15, 0.2) is 0 Å². The van der Waals surface area contributed by atoms with E-state index in [4.69, 9.17) is 4.74 Å². The van der Waals surface area contributed by atoms with Crippen LogP contribution < -0.4 is 5.32 Å². The van der Waals surface area contributed by atoms with E-state index in [-0.39, 0.29) is 5.91 Å². The summed E-state index contributed by atoms with van der Waals surface area (Å²) in [6, 6.07) is 18.1. The molecule has 2 aromatic heterocycles. The topological polar surface area (TPSA) is 76.1 Å². The summed E-state index contributed by atoms with van der Waals surface area (Å²) in [4.78, 5) is 28.2. The van der Waals surface area contributed by atoms with Crippen molar-refractivity contribution in [3.8, 4) is 5.69 Å². The van der Waals surface area contributed by atoms with Gasteiger partial charge in [0.25, 0.3) is 5.91 Å². The number of nitrogens with one attached hydrogen (secondary N) is 2. The van der Waals surface area contributed by atoms with Crippen molar-refractivity contribution in [3.05, 3.63) is 90.4 Å². The number of hydrogen-bond acceptors (Lipinski definition) is 3. The fourth-order valence-corrected chi connectivity index (χ4v) is 3.39. The van der Waals surface area contributed by atoms with Crippen molar-refractivity contribution in [1.82, 2.24) is 14.9 Å². The molecule has 4 rings (SSSR count). The highest BCUT2D eigenvalue weighted by Gasteiger charge is 2.24. The Hall–Kier alpha value is -3.80. The van der Waals surface area contributed by atoms with Gasteiger partial charge < -0.3 is 19.6 Å². The van der Waals surface area contributed by atoms with Gasteiger partial charge in [-0.05, 0) is 48.0 Å². The molecule has 146 valence electrons. The number of hydrogen-bond donors (Lipinski definition) is 2. The molecule has 0 unspecified atom stereocenters. The van der Waals surface area contributed by atoms with E-state index < -0.39 is 12.0 Å². The Kier molecular flexibility index (Phi) is 5.16. The highest BCUT2D eigenvalue weighted by molar-refractivity contribution is 5.97. The predicted octanol–water partition coefficient (Wildman–Crippen LogP) is 3.47. The van der Waals surface area contributed by atoms with E-state index in [0.717, 1.165) is 22.2 Å². The average molecular weight is 387 g/mol. The largest absolute Gasteiger partial charge is 0.467 e. The van der Waals surface area contributed by atoms with Crippen LogP contribution in [0.5, 0.6) is 0 Å². The lowest BCUT2D eigenvalue weighted by atomic mass is 10.0. The van der Waals surface area contributed by atoms with Crippen LogP contribution in [0.4, 0.5) is 0 Å². The first-order chi connectivity index (χ1) is 14.2. The molecule has 0 saturated carbocycles. The van der Waals surface area contributed by atoms with Gasteiger partial charge in [-0.15, -0.1) is 0 Å². The third kappa shape index (κ3) is 3.91. The monoisotopic (exact) mass is 387 g/mol. The maximum absolute atomic E-state index is 12.7. The van der Waals surface area contributed by atoms with Gasteiger partial charge in [-0.2, -0.15) is 0 Å². The quantitative estimate of drug-likeness (QED) is 0.498. The van der Waals surface area contributed by atoms with E-state index in [1.165, 1.54) is 7.11 Å². The number of para-hydroxylation sites is 1. The molecule has 6 nitrogen and oxygen atoms in total. The van der Waals surface area contributed by atoms with Crippen LogP contribution in [0, 0.1) is 0 Å². The molecule has 0 radical (unpaired) electrons. The minimum atomic E-state index is -0.782. The summed E-state index contributed by atoms with van der Waals surface area (Å²) in [5.74, 6) is -0.799. The molecule has 1 amide bonds. The van der Waals surface area contributed by atoms with Crippen molar-refractivity contribution < 1.29 is 14.3 Å². The summed E-state index contributed by atoms with van der Waals surface area (Å²) in [5.41, 5.74) is 3.36. The number of amides is 1. The molecule has 0 fully saturated rings. The van der Waals surface area contributed by atoms with Crippen molar-refractivity contribution in [2.75, 3.05) is 7.11 Å². The third-order valence-electron chi connectivity index (χ3n) is 4.92. The molecule has 0 aliphatic carbocycles. The summed E-state index contributed by atoms with van der Waals surface area (Å²) >= 11 is 0. The standard InChI is InChI=1S/C23H21N3O3/c1-29-23(28)21(14-17-15-24-20-7-3-2-6-19(17)20)25-22(27)16-8-10-18(11-9-16)26-12-4-5-13-26/h2-13,15,21,24H,14H2,1H3,(H,25,27)/t21-/m0/s1. The number of carbonyl (C=O) groups excluding carboxylic acids is 2. The smallest absolute Gasteiger partial charge is 0.328 e. The van der Waals surface area contributed by atoms with Crippen LogP contribution in [-0.4, -0.2) is 34.6 Å². The van der Waals surface area contributed by atoms with Crippen molar-refractivity contribution in [2.24, 2.45) is 0 Å². The lowest BCUT2D eigenvalue weighted by Gasteiger charge is -2.16. The molecule has 0 spiro atoms. The first kappa shape index (κ1) is 18.6. The van der Waals surface area contributed by atoms with Gasteiger partial charge in [0.2, 0.25) is 0 Å². The second-order valence-electron chi connectivity index (χ2n) is 6.75. The SMILES string of the molecule is COC(=O)[C@H](Cc1c[nH]c2ccccc12)NC(=O)c1ccc(-n2cccc2)cc1. The van der Waals surface area contributed by atoms with Gasteiger partial charge in [-0.25, -0.2) is 4.79 Å². The number of H-pyrrole nitrogens is 1. The maximum atomic E-state index is 12.7. The van der Waals surface area contributed by atoms with Gasteiger partial charge in [-0.1, -0.05) is 18.2 Å². The molecule has 2 aromatic carbocycles. The number of methoxy groups -OCH3 is 1. The number of ether oxygens (including phenoxy) is 1. The zero-order chi connectivity index (χ0) is 20.2. The maximum Gasteiger partial charge on any atom is 0.328 e. The van der Waals surface area contributed by atoms with Crippen LogP contribution in [-0.2, 0) is 16.0 Å². The van der Waals surface area contributed by atoms with E-state index in [1.807, 2.05) is 71.7 Å². The van der Waals surface area contributed by atoms with Gasteiger partial charge in [-0.3, -0.25) is 4.79 Å². The van der Waals surface area contributed by atoms with Gasteiger partial charge in [0.05, 0.1) is 7.11 Å². The second-order valence-corrected chi connectivity index (χ2v) is 6.75. The Bertz CT molecular complexity index is 1130. The summed E-state index contributed by atoms with van der Waals surface area (Å²) in [5, 5.41) is 3.83. The minimum absolute atomic E-state index is 0.320. The molecule has 2 heterocycles. The Morgan fingerprint density at radius 1 is 1.03 bits per heavy atom. The first-order valence-corrected chi connectivity index (χ1v) is 9.33. The van der Waals surface area contributed by atoms with E-state index in [9.17, 15) is 9.59 Å². The molecule has 29 heavy (non-hydrogen) atoms. The summed E-state index contributed by atoms with van der Waals surface area (Å²) in [6.07, 6.45) is 6.07. The van der Waals surface area contributed by atoms with Crippen LogP contribution in [0.2, 0.25) is 0 Å². The fraction of sp³-hybridized carbons (Fsp3) is 0.130. The second kappa shape index (κ2) is 8.06. The zero-order valence-corrected chi connectivity index (χ0v) is 16.0. The highest BCUT2D eigenvalue weighted by atomic mass is 16.5. The third-order valence-corrected chi connectivity index (χ3v) is 4.92. The van der Waals surface area contributed by atoms with Gasteiger partial charge >= 0.3 is 5.97 Å². The van der Waals surface area contributed by atoms with Crippen molar-refractivity contribution in [2.45, 2.75) is 12.5 Å². The Morgan fingerprint density at radius 2 is 1.76 bits per heavy atom. The van der Waals surface area contributed by atoms with Crippen molar-refractivity contribution >= 4 is 22.8 Å². The van der Waals surface area contributed by atoms with Crippen LogP contribution in [0.15, 0.2) is 79.3 Å². The molecule has 4 aromatic rings. The Morgan fingerprint density at radius 3 is 2.48 bits per heavy atom. The summed E-state index contributed by atoms with van der Waals surface area (Å²) < 4.78 is 6.87. The number of aromatic nitrogens is 2. The average Bonchev–Trinajstić information content (AvgIpc) is 3.43. The number of carbonyl (C=O) groups is 2. The molecule has 2 N–H and O–H groups in total. The molecule has 0 aliphatic heterocycles. The van der Waals surface area contributed by atoms with E-state index in [0.29, 0.717) is 12.0 Å². The summed E-state index contributed by atoms with van der Waals surface area (Å²) in [6.45, 7) is 0. The number of benzene rings is 2. The van der Waals surface area contributed by atoms with Gasteiger partial charge in [0, 0.05) is 47.2 Å². The minimum Gasteiger partial charge on any atom is -0.467 e. The van der Waals surface area contributed by atoms with Crippen molar-refractivity contribution in [1.29, 1.82) is 0 Å². The Labute approximate surface area is 168 Å². The number of nitrogens with zero attached hydrogens (tertiary/aromatic N) is 1. The normalized spacial score (nSPS) is 11.9.